The van der Waals surface area contributed by atoms with Gasteiger partial charge in [-0.3, -0.25) is 14.2 Å². The van der Waals surface area contributed by atoms with Crippen molar-refractivity contribution in [3.8, 4) is 11.4 Å². The first-order valence-electron chi connectivity index (χ1n) is 8.80. The number of carbonyl (C=O) groups excluding carboxylic acids is 2. The van der Waals surface area contributed by atoms with Gasteiger partial charge in [-0.2, -0.15) is 0 Å². The van der Waals surface area contributed by atoms with E-state index in [1.165, 1.54) is 0 Å². The number of imidazole rings is 1. The van der Waals surface area contributed by atoms with Gasteiger partial charge in [0.2, 0.25) is 5.91 Å². The molecule has 8 heteroatoms. The van der Waals surface area contributed by atoms with Gasteiger partial charge in [0.25, 0.3) is 5.91 Å². The van der Waals surface area contributed by atoms with Crippen LogP contribution in [-0.4, -0.2) is 34.5 Å². The number of ether oxygens (including phenoxy) is 1. The molecule has 2 heterocycles. The molecule has 3 aromatic rings. The first-order chi connectivity index (χ1) is 13.6. The number of anilines is 2. The number of benzene rings is 2. The number of para-hydroxylation sites is 2. The Bertz CT molecular complexity index is 1090. The molecule has 1 aromatic heterocycles. The number of nitrogens with zero attached hydrogens (tertiary/aromatic N) is 2. The third-order valence-electron chi connectivity index (χ3n) is 4.43. The molecule has 1 aliphatic rings. The van der Waals surface area contributed by atoms with E-state index in [-0.39, 0.29) is 31.4 Å². The molecule has 0 bridgehead atoms. The number of nitrogens with one attached hydrogen (secondary N) is 2. The molecule has 0 atom stereocenters. The zero-order valence-corrected chi connectivity index (χ0v) is 15.7. The number of fused-ring (bicyclic) bond motifs is 1. The van der Waals surface area contributed by atoms with Crippen molar-refractivity contribution in [2.45, 2.75) is 6.42 Å². The summed E-state index contributed by atoms with van der Waals surface area (Å²) in [5.41, 5.74) is 2.20. The lowest BCUT2D eigenvalue weighted by atomic mass is 10.2. The minimum atomic E-state index is -0.174. The second-order valence-electron chi connectivity index (χ2n) is 6.29. The Hall–Kier alpha value is -3.39. The Morgan fingerprint density at radius 1 is 1.21 bits per heavy atom. The van der Waals surface area contributed by atoms with Crippen LogP contribution in [0.25, 0.3) is 5.69 Å². The van der Waals surface area contributed by atoms with Crippen LogP contribution in [0.4, 0.5) is 11.4 Å². The topological polar surface area (TPSA) is 79.4 Å². The minimum Gasteiger partial charge on any atom is -0.482 e. The van der Waals surface area contributed by atoms with Crippen molar-refractivity contribution in [2.24, 2.45) is 0 Å². The maximum Gasteiger partial charge on any atom is 0.265 e. The van der Waals surface area contributed by atoms with Crippen molar-refractivity contribution in [1.29, 1.82) is 0 Å². The van der Waals surface area contributed by atoms with Crippen molar-refractivity contribution in [2.75, 3.05) is 23.4 Å². The highest BCUT2D eigenvalue weighted by Crippen LogP contribution is 2.31. The van der Waals surface area contributed by atoms with Gasteiger partial charge in [-0.25, -0.2) is 0 Å². The average molecular weight is 394 g/mol. The summed E-state index contributed by atoms with van der Waals surface area (Å²) in [6, 6.07) is 14.7. The Balaban J connectivity index is 1.42. The monoisotopic (exact) mass is 394 g/mol. The molecule has 142 valence electrons. The van der Waals surface area contributed by atoms with E-state index in [2.05, 4.69) is 10.3 Å². The molecule has 0 unspecified atom stereocenters. The summed E-state index contributed by atoms with van der Waals surface area (Å²) in [5.74, 6) is 0.320. The molecule has 0 aliphatic carbocycles. The van der Waals surface area contributed by atoms with Crippen LogP contribution in [0, 0.1) is 4.77 Å². The van der Waals surface area contributed by atoms with E-state index >= 15 is 0 Å². The normalized spacial score (nSPS) is 13.0. The van der Waals surface area contributed by atoms with Crippen LogP contribution in [0.5, 0.6) is 5.75 Å². The van der Waals surface area contributed by atoms with Gasteiger partial charge in [0.1, 0.15) is 5.75 Å². The fraction of sp³-hybridized carbons (Fsp3) is 0.150. The zero-order valence-electron chi connectivity index (χ0n) is 14.9. The summed E-state index contributed by atoms with van der Waals surface area (Å²) in [6.45, 7) is 0.269. The fourth-order valence-corrected chi connectivity index (χ4v) is 3.33. The predicted molar refractivity (Wildman–Crippen MR) is 108 cm³/mol. The summed E-state index contributed by atoms with van der Waals surface area (Å²) in [4.78, 5) is 29.1. The third kappa shape index (κ3) is 3.67. The van der Waals surface area contributed by atoms with E-state index in [4.69, 9.17) is 17.0 Å². The fourth-order valence-electron chi connectivity index (χ4n) is 3.09. The molecule has 4 rings (SSSR count). The van der Waals surface area contributed by atoms with E-state index in [0.717, 1.165) is 5.69 Å². The van der Waals surface area contributed by atoms with Crippen molar-refractivity contribution in [3.63, 3.8) is 0 Å². The lowest BCUT2D eigenvalue weighted by molar-refractivity contribution is -0.121. The summed E-state index contributed by atoms with van der Waals surface area (Å²) in [6.07, 6.45) is 3.75. The van der Waals surface area contributed by atoms with Crippen molar-refractivity contribution < 1.29 is 14.3 Å². The third-order valence-corrected chi connectivity index (χ3v) is 4.74. The first kappa shape index (κ1) is 18.0. The number of aromatic nitrogens is 2. The number of amides is 2. The number of hydrogen-bond donors (Lipinski definition) is 2. The van der Waals surface area contributed by atoms with Gasteiger partial charge in [-0.15, -0.1) is 0 Å². The highest BCUT2D eigenvalue weighted by molar-refractivity contribution is 7.71. The van der Waals surface area contributed by atoms with Gasteiger partial charge in [0.05, 0.1) is 5.69 Å². The predicted octanol–water partition coefficient (Wildman–Crippen LogP) is 3.29. The Morgan fingerprint density at radius 2 is 2.07 bits per heavy atom. The molecule has 2 N–H and O–H groups in total. The SMILES string of the molecule is O=C(CCN1C(=O)COc2ccccc21)Nc1cccc(-n2cc[nH]c2=S)c1. The lowest BCUT2D eigenvalue weighted by Crippen LogP contribution is -2.40. The van der Waals surface area contributed by atoms with Gasteiger partial charge < -0.3 is 19.9 Å². The van der Waals surface area contributed by atoms with Gasteiger partial charge >= 0.3 is 0 Å². The lowest BCUT2D eigenvalue weighted by Gasteiger charge is -2.29. The van der Waals surface area contributed by atoms with E-state index in [9.17, 15) is 9.59 Å². The number of H-pyrrole nitrogens is 1. The largest absolute Gasteiger partial charge is 0.482 e. The van der Waals surface area contributed by atoms with Gasteiger partial charge in [-0.05, 0) is 42.5 Å². The van der Waals surface area contributed by atoms with Crippen LogP contribution in [0.3, 0.4) is 0 Å². The maximum absolute atomic E-state index is 12.4. The van der Waals surface area contributed by atoms with Crippen LogP contribution >= 0.6 is 12.2 Å². The number of aromatic amines is 1. The molecule has 28 heavy (non-hydrogen) atoms. The zero-order chi connectivity index (χ0) is 19.5. The highest BCUT2D eigenvalue weighted by atomic mass is 32.1. The molecule has 0 saturated carbocycles. The molecule has 1 aliphatic heterocycles. The standard InChI is InChI=1S/C20H18N4O3S/c25-18(8-10-24-16-6-1-2-7-17(16)27-13-19(24)26)22-14-4-3-5-15(12-14)23-11-9-21-20(23)28/h1-7,9,11-12H,8,10,13H2,(H,21,28)(H,22,25). The second-order valence-corrected chi connectivity index (χ2v) is 6.67. The van der Waals surface area contributed by atoms with Crippen molar-refractivity contribution >= 4 is 35.4 Å². The van der Waals surface area contributed by atoms with E-state index in [0.29, 0.717) is 21.9 Å². The van der Waals surface area contributed by atoms with Crippen molar-refractivity contribution in [1.82, 2.24) is 9.55 Å². The van der Waals surface area contributed by atoms with E-state index in [1.54, 1.807) is 11.1 Å². The molecule has 0 fully saturated rings. The minimum absolute atomic E-state index is 0.0159. The van der Waals surface area contributed by atoms with Crippen LogP contribution in [-0.2, 0) is 9.59 Å². The van der Waals surface area contributed by atoms with Crippen LogP contribution < -0.4 is 15.0 Å². The second kappa shape index (κ2) is 7.69. The van der Waals surface area contributed by atoms with E-state index in [1.807, 2.05) is 59.3 Å². The first-order valence-corrected chi connectivity index (χ1v) is 9.21. The summed E-state index contributed by atoms with van der Waals surface area (Å²) in [5, 5.41) is 2.88. The van der Waals surface area contributed by atoms with Gasteiger partial charge in [0.15, 0.2) is 11.4 Å². The Morgan fingerprint density at radius 3 is 2.89 bits per heavy atom. The van der Waals surface area contributed by atoms with Crippen LogP contribution in [0.2, 0.25) is 0 Å². The van der Waals surface area contributed by atoms with E-state index < -0.39 is 0 Å². The molecule has 0 spiro atoms. The van der Waals surface area contributed by atoms with Crippen LogP contribution in [0.1, 0.15) is 6.42 Å². The smallest absolute Gasteiger partial charge is 0.265 e. The van der Waals surface area contributed by atoms with Crippen molar-refractivity contribution in [3.05, 3.63) is 65.7 Å². The summed E-state index contributed by atoms with van der Waals surface area (Å²) in [7, 11) is 0. The molecule has 0 radical (unpaired) electrons. The maximum atomic E-state index is 12.4. The molecule has 2 aromatic carbocycles. The molecule has 2 amide bonds. The number of hydrogen-bond acceptors (Lipinski definition) is 4. The quantitative estimate of drug-likeness (QED) is 0.651. The number of carbonyl (C=O) groups is 2. The molecular formula is C20H18N4O3S. The van der Waals surface area contributed by atoms with Gasteiger partial charge in [0, 0.05) is 36.7 Å². The van der Waals surface area contributed by atoms with Crippen LogP contribution in [0.15, 0.2) is 60.9 Å². The molecule has 7 nitrogen and oxygen atoms in total. The average Bonchev–Trinajstić information content (AvgIpc) is 3.13. The molecular weight excluding hydrogens is 376 g/mol. The number of rotatable bonds is 5. The summed E-state index contributed by atoms with van der Waals surface area (Å²) < 4.78 is 7.81. The van der Waals surface area contributed by atoms with Gasteiger partial charge in [-0.1, -0.05) is 18.2 Å². The summed E-state index contributed by atoms with van der Waals surface area (Å²) >= 11 is 5.23. The Labute approximate surface area is 166 Å². The Kier molecular flexibility index (Phi) is 4.94. The molecule has 0 saturated heterocycles. The highest BCUT2D eigenvalue weighted by Gasteiger charge is 2.25.